The van der Waals surface area contributed by atoms with Gasteiger partial charge in [0.25, 0.3) is 5.56 Å². The molecule has 1 amide bonds. The maximum absolute atomic E-state index is 12.9. The molecule has 4 rings (SSSR count). The van der Waals surface area contributed by atoms with Crippen LogP contribution in [0.4, 0.5) is 5.82 Å². The fraction of sp³-hybridized carbons (Fsp3) is 0.391. The number of pyridine rings is 1. The topological polar surface area (TPSA) is 110 Å². The molecule has 33 heavy (non-hydrogen) atoms. The Morgan fingerprint density at radius 1 is 1.06 bits per heavy atom. The summed E-state index contributed by atoms with van der Waals surface area (Å²) < 4.78 is 11.6. The van der Waals surface area contributed by atoms with Gasteiger partial charge in [0.15, 0.2) is 11.5 Å². The van der Waals surface area contributed by atoms with Crippen LogP contribution in [0.3, 0.4) is 0 Å². The number of methoxy groups -OCH3 is 2. The van der Waals surface area contributed by atoms with Crippen LogP contribution in [-0.4, -0.2) is 65.7 Å². The van der Waals surface area contributed by atoms with Gasteiger partial charge in [0.05, 0.1) is 25.1 Å². The van der Waals surface area contributed by atoms with Gasteiger partial charge in [0.2, 0.25) is 5.91 Å². The highest BCUT2D eigenvalue weighted by Crippen LogP contribution is 2.29. The third-order valence-corrected chi connectivity index (χ3v) is 5.86. The predicted molar refractivity (Wildman–Crippen MR) is 124 cm³/mol. The van der Waals surface area contributed by atoms with Crippen molar-refractivity contribution in [2.45, 2.75) is 19.4 Å². The second kappa shape index (κ2) is 9.76. The minimum absolute atomic E-state index is 0.0207. The summed E-state index contributed by atoms with van der Waals surface area (Å²) in [6.07, 6.45) is 2.41. The molecule has 0 radical (unpaired) electrons. The molecule has 1 saturated heterocycles. The van der Waals surface area contributed by atoms with Gasteiger partial charge in [0.1, 0.15) is 5.82 Å². The first-order valence-electron chi connectivity index (χ1n) is 10.8. The zero-order valence-corrected chi connectivity index (χ0v) is 18.7. The van der Waals surface area contributed by atoms with E-state index in [2.05, 4.69) is 14.9 Å². The molecule has 0 aliphatic carbocycles. The van der Waals surface area contributed by atoms with E-state index in [9.17, 15) is 14.4 Å². The highest BCUT2D eigenvalue weighted by Gasteiger charge is 2.21. The number of rotatable bonds is 7. The lowest BCUT2D eigenvalue weighted by atomic mass is 10.2. The summed E-state index contributed by atoms with van der Waals surface area (Å²) >= 11 is 0. The molecule has 0 saturated carbocycles. The van der Waals surface area contributed by atoms with Gasteiger partial charge in [-0.05, 0) is 24.6 Å². The van der Waals surface area contributed by atoms with Crippen LogP contribution >= 0.6 is 0 Å². The maximum Gasteiger partial charge on any atom is 0.328 e. The van der Waals surface area contributed by atoms with Crippen molar-refractivity contribution < 1.29 is 14.3 Å². The summed E-state index contributed by atoms with van der Waals surface area (Å²) in [5.74, 6) is 1.76. The lowest BCUT2D eigenvalue weighted by Crippen LogP contribution is -2.49. The Bertz CT molecular complexity index is 1250. The second-order valence-electron chi connectivity index (χ2n) is 7.80. The first-order chi connectivity index (χ1) is 16.0. The number of aromatic amines is 1. The Hall–Kier alpha value is -3.82. The highest BCUT2D eigenvalue weighted by atomic mass is 16.5. The minimum atomic E-state index is -0.517. The molecule has 10 nitrogen and oxygen atoms in total. The third-order valence-electron chi connectivity index (χ3n) is 5.86. The summed E-state index contributed by atoms with van der Waals surface area (Å²) in [7, 11) is 2.97. The van der Waals surface area contributed by atoms with Crippen LogP contribution in [0.15, 0.2) is 46.1 Å². The predicted octanol–water partition coefficient (Wildman–Crippen LogP) is 1.23. The fourth-order valence-corrected chi connectivity index (χ4v) is 4.06. The summed E-state index contributed by atoms with van der Waals surface area (Å²) in [5.41, 5.74) is -0.567. The molecule has 0 bridgehead atoms. The monoisotopic (exact) mass is 453 g/mol. The van der Waals surface area contributed by atoms with E-state index in [0.29, 0.717) is 41.9 Å². The number of anilines is 1. The van der Waals surface area contributed by atoms with Gasteiger partial charge in [-0.25, -0.2) is 9.78 Å². The molecule has 1 aliphatic heterocycles. The largest absolute Gasteiger partial charge is 0.493 e. The molecule has 2 aromatic heterocycles. The number of piperazine rings is 1. The van der Waals surface area contributed by atoms with Gasteiger partial charge in [-0.15, -0.1) is 0 Å². The number of H-pyrrole nitrogens is 1. The number of nitrogens with zero attached hydrogens (tertiary/aromatic N) is 4. The zero-order chi connectivity index (χ0) is 23.4. The van der Waals surface area contributed by atoms with Crippen LogP contribution in [0.2, 0.25) is 0 Å². The Kier molecular flexibility index (Phi) is 6.62. The molecule has 3 aromatic rings. The van der Waals surface area contributed by atoms with Crippen molar-refractivity contribution in [1.82, 2.24) is 19.4 Å². The molecule has 1 aromatic carbocycles. The fourth-order valence-electron chi connectivity index (χ4n) is 4.06. The number of hydrogen-bond donors (Lipinski definition) is 1. The van der Waals surface area contributed by atoms with Crippen LogP contribution in [0, 0.1) is 0 Å². The van der Waals surface area contributed by atoms with E-state index in [0.717, 1.165) is 23.5 Å². The van der Waals surface area contributed by atoms with E-state index in [1.807, 2.05) is 23.1 Å². The Balaban J connectivity index is 1.38. The summed E-state index contributed by atoms with van der Waals surface area (Å²) in [6.45, 7) is 2.83. The number of amides is 1. The van der Waals surface area contributed by atoms with E-state index in [4.69, 9.17) is 9.47 Å². The van der Waals surface area contributed by atoms with Crippen LogP contribution in [0.25, 0.3) is 10.9 Å². The molecule has 0 unspecified atom stereocenters. The summed E-state index contributed by atoms with van der Waals surface area (Å²) in [6, 6.07) is 8.90. The average Bonchev–Trinajstić information content (AvgIpc) is 2.85. The summed E-state index contributed by atoms with van der Waals surface area (Å²) in [5, 5.41) is 0.323. The molecule has 174 valence electrons. The first-order valence-corrected chi connectivity index (χ1v) is 10.8. The Labute approximate surface area is 190 Å². The van der Waals surface area contributed by atoms with Gasteiger partial charge >= 0.3 is 5.69 Å². The standard InChI is InChI=1S/C23H27N5O5/c1-32-18-14-16-17(15-19(18)33-2)25-23(31)28(22(16)30)9-5-7-21(29)27-12-10-26(11-13-27)20-6-3-4-8-24-20/h3-4,6,8,14-15H,5,7,9-13H2,1-2H3,(H,25,31). The second-order valence-corrected chi connectivity index (χ2v) is 7.80. The molecule has 3 heterocycles. The number of fused-ring (bicyclic) bond motifs is 1. The lowest BCUT2D eigenvalue weighted by molar-refractivity contribution is -0.131. The first kappa shape index (κ1) is 22.4. The number of benzene rings is 1. The SMILES string of the molecule is COc1cc2[nH]c(=O)n(CCCC(=O)N3CCN(c4ccccn4)CC3)c(=O)c2cc1OC. The molecular weight excluding hydrogens is 426 g/mol. The van der Waals surface area contributed by atoms with E-state index in [1.54, 1.807) is 18.3 Å². The minimum Gasteiger partial charge on any atom is -0.493 e. The maximum atomic E-state index is 12.9. The average molecular weight is 453 g/mol. The number of hydrogen-bond acceptors (Lipinski definition) is 7. The Morgan fingerprint density at radius 3 is 2.45 bits per heavy atom. The Morgan fingerprint density at radius 2 is 1.79 bits per heavy atom. The smallest absolute Gasteiger partial charge is 0.328 e. The van der Waals surface area contributed by atoms with Crippen LogP contribution in [0.5, 0.6) is 11.5 Å². The molecule has 1 N–H and O–H groups in total. The lowest BCUT2D eigenvalue weighted by Gasteiger charge is -2.35. The number of aromatic nitrogens is 3. The van der Waals surface area contributed by atoms with Crippen molar-refractivity contribution in [2.24, 2.45) is 0 Å². The van der Waals surface area contributed by atoms with E-state index < -0.39 is 11.2 Å². The van der Waals surface area contributed by atoms with E-state index >= 15 is 0 Å². The van der Waals surface area contributed by atoms with Crippen molar-refractivity contribution >= 4 is 22.6 Å². The van der Waals surface area contributed by atoms with Crippen molar-refractivity contribution in [3.05, 3.63) is 57.4 Å². The molecule has 1 aliphatic rings. The molecule has 0 atom stereocenters. The van der Waals surface area contributed by atoms with Gasteiger partial charge in [0, 0.05) is 51.4 Å². The van der Waals surface area contributed by atoms with Crippen molar-refractivity contribution in [2.75, 3.05) is 45.3 Å². The van der Waals surface area contributed by atoms with Gasteiger partial charge in [-0.2, -0.15) is 0 Å². The van der Waals surface area contributed by atoms with Crippen molar-refractivity contribution in [1.29, 1.82) is 0 Å². The van der Waals surface area contributed by atoms with Crippen molar-refractivity contribution in [3.63, 3.8) is 0 Å². The highest BCUT2D eigenvalue weighted by molar-refractivity contribution is 5.81. The third kappa shape index (κ3) is 4.69. The van der Waals surface area contributed by atoms with Crippen LogP contribution < -0.4 is 25.6 Å². The molecule has 10 heteroatoms. The van der Waals surface area contributed by atoms with Gasteiger partial charge < -0.3 is 24.3 Å². The van der Waals surface area contributed by atoms with Crippen LogP contribution in [-0.2, 0) is 11.3 Å². The van der Waals surface area contributed by atoms with Crippen LogP contribution in [0.1, 0.15) is 12.8 Å². The normalized spacial score (nSPS) is 13.9. The van der Waals surface area contributed by atoms with Gasteiger partial charge in [-0.1, -0.05) is 6.07 Å². The van der Waals surface area contributed by atoms with E-state index in [-0.39, 0.29) is 18.9 Å². The van der Waals surface area contributed by atoms with E-state index in [1.165, 1.54) is 14.2 Å². The molecular formula is C23H27N5O5. The van der Waals surface area contributed by atoms with Gasteiger partial charge in [-0.3, -0.25) is 14.2 Å². The zero-order valence-electron chi connectivity index (χ0n) is 18.7. The summed E-state index contributed by atoms with van der Waals surface area (Å²) in [4.78, 5) is 49.1. The quantitative estimate of drug-likeness (QED) is 0.573. The number of nitrogens with one attached hydrogen (secondary N) is 1. The molecule has 1 fully saturated rings. The van der Waals surface area contributed by atoms with Crippen molar-refractivity contribution in [3.8, 4) is 11.5 Å². The number of carbonyl (C=O) groups is 1. The number of carbonyl (C=O) groups excluding carboxylic acids is 1. The number of ether oxygens (including phenoxy) is 2. The molecule has 0 spiro atoms.